The summed E-state index contributed by atoms with van der Waals surface area (Å²) in [7, 11) is 0. The second kappa shape index (κ2) is 8.22. The minimum Gasteiger partial charge on any atom is -0.394 e. The van der Waals surface area contributed by atoms with Crippen molar-refractivity contribution in [3.63, 3.8) is 0 Å². The zero-order valence-electron chi connectivity index (χ0n) is 15.5. The van der Waals surface area contributed by atoms with Crippen LogP contribution in [-0.4, -0.2) is 50.6 Å². The summed E-state index contributed by atoms with van der Waals surface area (Å²) >= 11 is 0. The molecule has 2 aromatic rings. The summed E-state index contributed by atoms with van der Waals surface area (Å²) in [5.74, 6) is -0.992. The standard InChI is InChI=1S/C19H22N4O5/c1-12-8-23(19(28)21-17(12)26)10-16(25)20-15(11-24)18(27)22-7-6-13-4-2-3-5-14(13)9-22/h2-5,8,15,24H,6-7,9-11H2,1H3,(H,20,25)(H,21,26,28). The molecule has 148 valence electrons. The highest BCUT2D eigenvalue weighted by Gasteiger charge is 2.28. The summed E-state index contributed by atoms with van der Waals surface area (Å²) in [4.78, 5) is 51.9. The van der Waals surface area contributed by atoms with E-state index in [1.165, 1.54) is 18.7 Å². The Morgan fingerprint density at radius 3 is 2.68 bits per heavy atom. The van der Waals surface area contributed by atoms with Crippen molar-refractivity contribution in [1.29, 1.82) is 0 Å². The lowest BCUT2D eigenvalue weighted by Gasteiger charge is -2.31. The zero-order valence-corrected chi connectivity index (χ0v) is 15.5. The summed E-state index contributed by atoms with van der Waals surface area (Å²) in [5, 5.41) is 12.1. The molecule has 9 heteroatoms. The Labute approximate surface area is 160 Å². The Morgan fingerprint density at radius 2 is 1.96 bits per heavy atom. The van der Waals surface area contributed by atoms with E-state index in [4.69, 9.17) is 0 Å². The molecule has 0 aliphatic carbocycles. The molecule has 0 bridgehead atoms. The average Bonchev–Trinajstić information content (AvgIpc) is 2.69. The van der Waals surface area contributed by atoms with Crippen molar-refractivity contribution in [2.24, 2.45) is 0 Å². The van der Waals surface area contributed by atoms with E-state index in [2.05, 4.69) is 10.3 Å². The summed E-state index contributed by atoms with van der Waals surface area (Å²) < 4.78 is 1.04. The van der Waals surface area contributed by atoms with E-state index in [1.54, 1.807) is 4.90 Å². The number of aryl methyl sites for hydroxylation is 1. The van der Waals surface area contributed by atoms with Crippen LogP contribution < -0.4 is 16.6 Å². The molecule has 0 fully saturated rings. The lowest BCUT2D eigenvalue weighted by molar-refractivity contribution is -0.138. The molecule has 1 aromatic carbocycles. The molecule has 1 aliphatic heterocycles. The highest BCUT2D eigenvalue weighted by atomic mass is 16.3. The number of carbonyl (C=O) groups is 2. The molecule has 9 nitrogen and oxygen atoms in total. The zero-order chi connectivity index (χ0) is 20.3. The number of hydrogen-bond acceptors (Lipinski definition) is 5. The number of aromatic amines is 1. The van der Waals surface area contributed by atoms with Gasteiger partial charge in [0.2, 0.25) is 11.8 Å². The van der Waals surface area contributed by atoms with Crippen molar-refractivity contribution in [3.8, 4) is 0 Å². The number of aliphatic hydroxyl groups is 1. The molecule has 0 saturated heterocycles. The molecule has 1 aliphatic rings. The molecule has 28 heavy (non-hydrogen) atoms. The highest BCUT2D eigenvalue weighted by Crippen LogP contribution is 2.19. The van der Waals surface area contributed by atoms with Crippen LogP contribution in [0.4, 0.5) is 0 Å². The first-order valence-corrected chi connectivity index (χ1v) is 8.95. The summed E-state index contributed by atoms with van der Waals surface area (Å²) in [6.07, 6.45) is 1.98. The van der Waals surface area contributed by atoms with Crippen LogP contribution in [-0.2, 0) is 29.1 Å². The van der Waals surface area contributed by atoms with Crippen molar-refractivity contribution in [2.75, 3.05) is 13.2 Å². The van der Waals surface area contributed by atoms with Gasteiger partial charge in [0.1, 0.15) is 12.6 Å². The van der Waals surface area contributed by atoms with Crippen molar-refractivity contribution >= 4 is 11.8 Å². The molecule has 2 heterocycles. The minimum absolute atomic E-state index is 0.286. The quantitative estimate of drug-likeness (QED) is 0.602. The van der Waals surface area contributed by atoms with E-state index in [-0.39, 0.29) is 18.0 Å². The van der Waals surface area contributed by atoms with Gasteiger partial charge in [-0.05, 0) is 24.5 Å². The molecule has 0 saturated carbocycles. The van der Waals surface area contributed by atoms with Crippen LogP contribution in [0.2, 0.25) is 0 Å². The molecular formula is C19H22N4O5. The first-order valence-electron chi connectivity index (χ1n) is 8.95. The van der Waals surface area contributed by atoms with Gasteiger partial charge in [-0.15, -0.1) is 0 Å². The number of carbonyl (C=O) groups excluding carboxylic acids is 2. The number of aliphatic hydroxyl groups excluding tert-OH is 1. The Hall–Kier alpha value is -3.20. The number of H-pyrrole nitrogens is 1. The first-order chi connectivity index (χ1) is 13.4. The van der Waals surface area contributed by atoms with Crippen LogP contribution >= 0.6 is 0 Å². The first kappa shape index (κ1) is 19.6. The lowest BCUT2D eigenvalue weighted by atomic mass is 9.99. The van der Waals surface area contributed by atoms with Gasteiger partial charge in [0, 0.05) is 24.8 Å². The van der Waals surface area contributed by atoms with E-state index in [0.29, 0.717) is 19.5 Å². The maximum Gasteiger partial charge on any atom is 0.328 e. The van der Waals surface area contributed by atoms with Crippen molar-refractivity contribution in [3.05, 3.63) is 68.0 Å². The fourth-order valence-corrected chi connectivity index (χ4v) is 3.22. The van der Waals surface area contributed by atoms with Crippen molar-refractivity contribution in [2.45, 2.75) is 32.5 Å². The number of benzene rings is 1. The molecule has 3 N–H and O–H groups in total. The van der Waals surface area contributed by atoms with E-state index < -0.39 is 29.8 Å². The molecule has 3 rings (SSSR count). The minimum atomic E-state index is -1.10. The normalized spacial score (nSPS) is 14.3. The van der Waals surface area contributed by atoms with E-state index >= 15 is 0 Å². The number of amides is 2. The SMILES string of the molecule is Cc1cn(CC(=O)NC(CO)C(=O)N2CCc3ccccc3C2)c(=O)[nH]c1=O. The maximum atomic E-state index is 12.7. The number of hydrogen-bond donors (Lipinski definition) is 3. The number of aromatic nitrogens is 2. The van der Waals surface area contributed by atoms with Crippen molar-refractivity contribution < 1.29 is 14.7 Å². The van der Waals surface area contributed by atoms with Gasteiger partial charge in [0.15, 0.2) is 0 Å². The third kappa shape index (κ3) is 4.20. The van der Waals surface area contributed by atoms with Crippen LogP contribution in [0.3, 0.4) is 0 Å². The third-order valence-electron chi connectivity index (χ3n) is 4.76. The smallest absolute Gasteiger partial charge is 0.328 e. The lowest BCUT2D eigenvalue weighted by Crippen LogP contribution is -2.52. The maximum absolute atomic E-state index is 12.7. The van der Waals surface area contributed by atoms with Gasteiger partial charge in [0.25, 0.3) is 5.56 Å². The van der Waals surface area contributed by atoms with Gasteiger partial charge in [-0.25, -0.2) is 4.79 Å². The van der Waals surface area contributed by atoms with Gasteiger partial charge >= 0.3 is 5.69 Å². The van der Waals surface area contributed by atoms with Gasteiger partial charge in [-0.3, -0.25) is 23.9 Å². The van der Waals surface area contributed by atoms with Crippen LogP contribution in [0.25, 0.3) is 0 Å². The van der Waals surface area contributed by atoms with Gasteiger partial charge in [-0.1, -0.05) is 24.3 Å². The molecule has 1 unspecified atom stereocenters. The topological polar surface area (TPSA) is 124 Å². The summed E-state index contributed by atoms with van der Waals surface area (Å²) in [5.41, 5.74) is 1.28. The molecule has 2 amide bonds. The summed E-state index contributed by atoms with van der Waals surface area (Å²) in [6, 6.07) is 6.73. The van der Waals surface area contributed by atoms with Crippen LogP contribution in [0.1, 0.15) is 16.7 Å². The predicted octanol–water partition coefficient (Wildman–Crippen LogP) is -1.09. The fourth-order valence-electron chi connectivity index (χ4n) is 3.22. The van der Waals surface area contributed by atoms with E-state index in [0.717, 1.165) is 10.1 Å². The molecule has 1 atom stereocenters. The largest absolute Gasteiger partial charge is 0.394 e. The second-order valence-corrected chi connectivity index (χ2v) is 6.78. The van der Waals surface area contributed by atoms with E-state index in [9.17, 15) is 24.3 Å². The monoisotopic (exact) mass is 386 g/mol. The number of nitrogens with zero attached hydrogens (tertiary/aromatic N) is 2. The Balaban J connectivity index is 1.66. The second-order valence-electron chi connectivity index (χ2n) is 6.78. The van der Waals surface area contributed by atoms with Crippen LogP contribution in [0.5, 0.6) is 0 Å². The number of fused-ring (bicyclic) bond motifs is 1. The predicted molar refractivity (Wildman–Crippen MR) is 101 cm³/mol. The van der Waals surface area contributed by atoms with Gasteiger partial charge in [0.05, 0.1) is 6.61 Å². The van der Waals surface area contributed by atoms with Gasteiger partial charge < -0.3 is 15.3 Å². The highest BCUT2D eigenvalue weighted by molar-refractivity contribution is 5.87. The van der Waals surface area contributed by atoms with Gasteiger partial charge in [-0.2, -0.15) is 0 Å². The fraction of sp³-hybridized carbons (Fsp3) is 0.368. The summed E-state index contributed by atoms with van der Waals surface area (Å²) in [6.45, 7) is 1.51. The Bertz CT molecular complexity index is 1010. The van der Waals surface area contributed by atoms with E-state index in [1.807, 2.05) is 24.3 Å². The Kier molecular flexibility index (Phi) is 5.74. The Morgan fingerprint density at radius 1 is 1.25 bits per heavy atom. The van der Waals surface area contributed by atoms with Crippen LogP contribution in [0.15, 0.2) is 40.1 Å². The molecule has 0 radical (unpaired) electrons. The molecule has 1 aromatic heterocycles. The third-order valence-corrected chi connectivity index (χ3v) is 4.76. The van der Waals surface area contributed by atoms with Crippen LogP contribution in [0, 0.1) is 6.92 Å². The number of rotatable bonds is 5. The van der Waals surface area contributed by atoms with Crippen molar-refractivity contribution in [1.82, 2.24) is 19.8 Å². The average molecular weight is 386 g/mol. The molecule has 0 spiro atoms. The number of nitrogens with one attached hydrogen (secondary N) is 2. The molecular weight excluding hydrogens is 364 g/mol.